The van der Waals surface area contributed by atoms with Crippen LogP contribution in [0.3, 0.4) is 0 Å². The fourth-order valence-electron chi connectivity index (χ4n) is 2.46. The number of amides is 1. The average molecular weight is 300 g/mol. The zero-order valence-electron chi connectivity index (χ0n) is 11.9. The molecule has 0 atom stereocenters. The number of aryl methyl sites for hydroxylation is 1. The molecule has 0 bridgehead atoms. The first-order valence-electron chi connectivity index (χ1n) is 6.36. The van der Waals surface area contributed by atoms with Crippen molar-refractivity contribution in [2.45, 2.75) is 24.3 Å². The predicted octanol–water partition coefficient (Wildman–Crippen LogP) is -0.503. The van der Waals surface area contributed by atoms with Gasteiger partial charge in [-0.2, -0.15) is 4.31 Å². The molecule has 0 aromatic carbocycles. The topological polar surface area (TPSA) is 97.4 Å². The summed E-state index contributed by atoms with van der Waals surface area (Å²) >= 11 is 0. The summed E-state index contributed by atoms with van der Waals surface area (Å²) in [6.07, 6.45) is 1.42. The van der Waals surface area contributed by atoms with E-state index >= 15 is 0 Å². The molecule has 1 aromatic rings. The van der Waals surface area contributed by atoms with Gasteiger partial charge in [-0.25, -0.2) is 8.42 Å². The number of piperazine rings is 1. The lowest BCUT2D eigenvalue weighted by molar-refractivity contribution is 0.0992. The van der Waals surface area contributed by atoms with Crippen molar-refractivity contribution in [3.05, 3.63) is 18.0 Å². The molecule has 0 spiro atoms. The Morgan fingerprint density at radius 1 is 1.45 bits per heavy atom. The van der Waals surface area contributed by atoms with Gasteiger partial charge in [0.25, 0.3) is 5.91 Å². The highest BCUT2D eigenvalue weighted by Crippen LogP contribution is 2.26. The van der Waals surface area contributed by atoms with Crippen LogP contribution in [-0.4, -0.2) is 48.4 Å². The second-order valence-electron chi connectivity index (χ2n) is 5.60. The van der Waals surface area contributed by atoms with Crippen LogP contribution in [0.2, 0.25) is 0 Å². The minimum Gasteiger partial charge on any atom is -0.364 e. The largest absolute Gasteiger partial charge is 0.364 e. The molecule has 3 N–H and O–H groups in total. The van der Waals surface area contributed by atoms with Crippen molar-refractivity contribution in [2.75, 3.05) is 19.6 Å². The van der Waals surface area contributed by atoms with Gasteiger partial charge in [0.05, 0.1) is 0 Å². The maximum absolute atomic E-state index is 12.7. The Labute approximate surface area is 118 Å². The number of nitrogens with two attached hydrogens (primary N) is 1. The molecule has 2 rings (SSSR count). The van der Waals surface area contributed by atoms with Crippen molar-refractivity contribution < 1.29 is 13.2 Å². The molecule has 1 aliphatic rings. The van der Waals surface area contributed by atoms with Crippen LogP contribution in [0.25, 0.3) is 0 Å². The summed E-state index contributed by atoms with van der Waals surface area (Å²) in [6, 6.07) is 1.33. The fraction of sp³-hybridized carbons (Fsp3) is 0.583. The lowest BCUT2D eigenvalue weighted by Crippen LogP contribution is -2.59. The predicted molar refractivity (Wildman–Crippen MR) is 74.8 cm³/mol. The number of primary amides is 1. The molecule has 0 saturated carbocycles. The summed E-state index contributed by atoms with van der Waals surface area (Å²) in [5.41, 5.74) is 4.89. The van der Waals surface area contributed by atoms with E-state index in [1.165, 1.54) is 21.1 Å². The first kappa shape index (κ1) is 15.0. The first-order chi connectivity index (χ1) is 9.16. The van der Waals surface area contributed by atoms with Crippen LogP contribution in [0.1, 0.15) is 24.3 Å². The van der Waals surface area contributed by atoms with Crippen molar-refractivity contribution in [2.24, 2.45) is 12.8 Å². The van der Waals surface area contributed by atoms with Crippen molar-refractivity contribution in [3.63, 3.8) is 0 Å². The number of rotatable bonds is 3. The zero-order valence-corrected chi connectivity index (χ0v) is 12.7. The molecule has 2 heterocycles. The minimum absolute atomic E-state index is 0.101. The van der Waals surface area contributed by atoms with Crippen molar-refractivity contribution in [1.82, 2.24) is 14.2 Å². The van der Waals surface area contributed by atoms with Crippen LogP contribution in [0.4, 0.5) is 0 Å². The summed E-state index contributed by atoms with van der Waals surface area (Å²) in [5.74, 6) is -0.645. The summed E-state index contributed by atoms with van der Waals surface area (Å²) in [6.45, 7) is 5.33. The molecule has 1 fully saturated rings. The number of hydrogen-bond acceptors (Lipinski definition) is 4. The molecule has 1 saturated heterocycles. The second kappa shape index (κ2) is 4.87. The molecule has 112 valence electrons. The van der Waals surface area contributed by atoms with E-state index in [0.717, 1.165) is 0 Å². The van der Waals surface area contributed by atoms with Crippen molar-refractivity contribution >= 4 is 15.9 Å². The van der Waals surface area contributed by atoms with E-state index in [1.54, 1.807) is 7.05 Å². The zero-order chi connectivity index (χ0) is 15.1. The molecular weight excluding hydrogens is 280 g/mol. The van der Waals surface area contributed by atoms with E-state index < -0.39 is 21.5 Å². The molecule has 0 aliphatic carbocycles. The normalized spacial score (nSPS) is 19.9. The summed E-state index contributed by atoms with van der Waals surface area (Å²) in [4.78, 5) is 11.3. The van der Waals surface area contributed by atoms with Gasteiger partial charge in [-0.05, 0) is 19.9 Å². The van der Waals surface area contributed by atoms with Crippen molar-refractivity contribution in [3.8, 4) is 0 Å². The third kappa shape index (κ3) is 2.46. The molecule has 0 unspecified atom stereocenters. The lowest BCUT2D eigenvalue weighted by Gasteiger charge is -2.41. The molecule has 1 aliphatic heterocycles. The van der Waals surface area contributed by atoms with Gasteiger partial charge < -0.3 is 15.6 Å². The summed E-state index contributed by atoms with van der Waals surface area (Å²) < 4.78 is 28.4. The molecule has 1 amide bonds. The Morgan fingerprint density at radius 3 is 2.60 bits per heavy atom. The Morgan fingerprint density at radius 2 is 2.10 bits per heavy atom. The highest BCUT2D eigenvalue weighted by Gasteiger charge is 2.39. The van der Waals surface area contributed by atoms with E-state index in [-0.39, 0.29) is 10.6 Å². The molecule has 8 heteroatoms. The van der Waals surface area contributed by atoms with Crippen LogP contribution in [-0.2, 0) is 17.1 Å². The Kier molecular flexibility index (Phi) is 3.66. The van der Waals surface area contributed by atoms with Crippen LogP contribution < -0.4 is 11.1 Å². The van der Waals surface area contributed by atoms with Gasteiger partial charge >= 0.3 is 0 Å². The summed E-state index contributed by atoms with van der Waals surface area (Å²) in [7, 11) is -2.04. The smallest absolute Gasteiger partial charge is 0.265 e. The van der Waals surface area contributed by atoms with E-state index in [1.807, 2.05) is 13.8 Å². The average Bonchev–Trinajstić information content (AvgIpc) is 2.71. The number of nitrogens with one attached hydrogen (secondary N) is 1. The minimum atomic E-state index is -3.64. The molecular formula is C12H20N4O3S. The Bertz CT molecular complexity index is 633. The van der Waals surface area contributed by atoms with E-state index in [0.29, 0.717) is 19.6 Å². The molecule has 1 aromatic heterocycles. The second-order valence-corrected chi connectivity index (χ2v) is 7.46. The first-order valence-corrected chi connectivity index (χ1v) is 7.80. The van der Waals surface area contributed by atoms with Crippen molar-refractivity contribution in [1.29, 1.82) is 0 Å². The van der Waals surface area contributed by atoms with Crippen LogP contribution in [0.15, 0.2) is 17.2 Å². The Hall–Kier alpha value is -1.38. The monoisotopic (exact) mass is 300 g/mol. The van der Waals surface area contributed by atoms with Gasteiger partial charge in [0.1, 0.15) is 10.6 Å². The Balaban J connectivity index is 2.45. The van der Waals surface area contributed by atoms with E-state index in [9.17, 15) is 13.2 Å². The number of carbonyl (C=O) groups is 1. The van der Waals surface area contributed by atoms with Gasteiger partial charge in [0, 0.05) is 38.4 Å². The van der Waals surface area contributed by atoms with Crippen LogP contribution in [0.5, 0.6) is 0 Å². The fourth-order valence-corrected chi connectivity index (χ4v) is 4.31. The highest BCUT2D eigenvalue weighted by molar-refractivity contribution is 7.89. The molecule has 0 radical (unpaired) electrons. The highest BCUT2D eigenvalue weighted by atomic mass is 32.2. The third-order valence-electron chi connectivity index (χ3n) is 3.54. The van der Waals surface area contributed by atoms with E-state index in [2.05, 4.69) is 5.32 Å². The maximum Gasteiger partial charge on any atom is 0.265 e. The van der Waals surface area contributed by atoms with Gasteiger partial charge in [-0.15, -0.1) is 0 Å². The van der Waals surface area contributed by atoms with Gasteiger partial charge in [0.2, 0.25) is 10.0 Å². The van der Waals surface area contributed by atoms with Gasteiger partial charge in [0.15, 0.2) is 0 Å². The SMILES string of the molecule is Cn1cc(S(=O)(=O)N2CCNCC2(C)C)cc1C(N)=O. The van der Waals surface area contributed by atoms with Gasteiger partial charge in [-0.3, -0.25) is 4.79 Å². The number of nitrogens with zero attached hydrogens (tertiary/aromatic N) is 2. The quantitative estimate of drug-likeness (QED) is 0.786. The number of hydrogen-bond donors (Lipinski definition) is 2. The molecule has 20 heavy (non-hydrogen) atoms. The lowest BCUT2D eigenvalue weighted by atomic mass is 10.0. The summed E-state index contributed by atoms with van der Waals surface area (Å²) in [5, 5.41) is 3.18. The molecule has 7 nitrogen and oxygen atoms in total. The number of carbonyl (C=O) groups excluding carboxylic acids is 1. The van der Waals surface area contributed by atoms with Crippen LogP contribution in [0, 0.1) is 0 Å². The standard InChI is InChI=1S/C12H20N4O3S/c1-12(2)8-14-4-5-16(12)20(18,19)9-6-10(11(13)17)15(3)7-9/h6-7,14H,4-5,8H2,1-3H3,(H2,13,17). The van der Waals surface area contributed by atoms with Crippen LogP contribution >= 0.6 is 0 Å². The third-order valence-corrected chi connectivity index (χ3v) is 5.62. The van der Waals surface area contributed by atoms with Gasteiger partial charge in [-0.1, -0.05) is 0 Å². The van der Waals surface area contributed by atoms with E-state index in [4.69, 9.17) is 5.73 Å². The number of aromatic nitrogens is 1. The number of sulfonamides is 1. The maximum atomic E-state index is 12.7.